The lowest BCUT2D eigenvalue weighted by molar-refractivity contribution is 0.0549. The maximum atomic E-state index is 5.40. The first kappa shape index (κ1) is 11.2. The van der Waals surface area contributed by atoms with Crippen LogP contribution in [-0.2, 0) is 9.47 Å². The van der Waals surface area contributed by atoms with E-state index >= 15 is 0 Å². The van der Waals surface area contributed by atoms with Gasteiger partial charge in [-0.1, -0.05) is 30.3 Å². The first-order chi connectivity index (χ1) is 6.88. The molecule has 0 spiro atoms. The van der Waals surface area contributed by atoms with Crippen molar-refractivity contribution in [3.05, 3.63) is 35.9 Å². The summed E-state index contributed by atoms with van der Waals surface area (Å²) in [7, 11) is 1.74. The van der Waals surface area contributed by atoms with Gasteiger partial charge < -0.3 is 9.47 Å². The lowest BCUT2D eigenvalue weighted by Crippen LogP contribution is -2.05. The molecule has 0 amide bonds. The normalized spacial score (nSPS) is 12.7. The van der Waals surface area contributed by atoms with Crippen molar-refractivity contribution in [3.8, 4) is 0 Å². The highest BCUT2D eigenvalue weighted by Gasteiger charge is 2.08. The molecule has 0 N–H and O–H groups in total. The summed E-state index contributed by atoms with van der Waals surface area (Å²) in [5.74, 6) is 0. The van der Waals surface area contributed by atoms with Gasteiger partial charge in [-0.3, -0.25) is 0 Å². The number of benzene rings is 1. The molecular formula is C12H18O2. The van der Waals surface area contributed by atoms with Crippen LogP contribution in [-0.4, -0.2) is 20.3 Å². The van der Waals surface area contributed by atoms with Crippen LogP contribution in [0.3, 0.4) is 0 Å². The zero-order valence-corrected chi connectivity index (χ0v) is 8.90. The Balaban J connectivity index is 2.46. The van der Waals surface area contributed by atoms with E-state index in [9.17, 15) is 0 Å². The van der Waals surface area contributed by atoms with Crippen molar-refractivity contribution < 1.29 is 9.47 Å². The van der Waals surface area contributed by atoms with Crippen molar-refractivity contribution in [2.75, 3.05) is 20.3 Å². The first-order valence-electron chi connectivity index (χ1n) is 5.04. The maximum absolute atomic E-state index is 5.40. The molecule has 0 saturated heterocycles. The molecule has 2 heteroatoms. The van der Waals surface area contributed by atoms with Gasteiger partial charge in [-0.25, -0.2) is 0 Å². The fourth-order valence-electron chi connectivity index (χ4n) is 1.42. The van der Waals surface area contributed by atoms with E-state index in [1.807, 2.05) is 25.1 Å². The third-order valence-corrected chi connectivity index (χ3v) is 2.18. The van der Waals surface area contributed by atoms with Gasteiger partial charge in [0.2, 0.25) is 0 Å². The minimum absolute atomic E-state index is 0.155. The van der Waals surface area contributed by atoms with Gasteiger partial charge in [-0.2, -0.15) is 0 Å². The molecule has 0 aliphatic rings. The van der Waals surface area contributed by atoms with Crippen molar-refractivity contribution in [2.45, 2.75) is 19.4 Å². The van der Waals surface area contributed by atoms with E-state index in [2.05, 4.69) is 12.1 Å². The van der Waals surface area contributed by atoms with Gasteiger partial charge in [-0.15, -0.1) is 0 Å². The van der Waals surface area contributed by atoms with Gasteiger partial charge in [0, 0.05) is 26.7 Å². The number of hydrogen-bond acceptors (Lipinski definition) is 2. The zero-order valence-electron chi connectivity index (χ0n) is 8.90. The molecule has 2 nitrogen and oxygen atoms in total. The molecule has 0 radical (unpaired) electrons. The topological polar surface area (TPSA) is 18.5 Å². The van der Waals surface area contributed by atoms with Crippen LogP contribution in [0.4, 0.5) is 0 Å². The Hall–Kier alpha value is -0.860. The van der Waals surface area contributed by atoms with Gasteiger partial charge in [0.15, 0.2) is 0 Å². The molecule has 1 rings (SSSR count). The lowest BCUT2D eigenvalue weighted by Gasteiger charge is -2.15. The van der Waals surface area contributed by atoms with Crippen LogP contribution in [0, 0.1) is 0 Å². The summed E-state index contributed by atoms with van der Waals surface area (Å²) >= 11 is 0. The Morgan fingerprint density at radius 1 is 1.21 bits per heavy atom. The third-order valence-electron chi connectivity index (χ3n) is 2.18. The summed E-state index contributed by atoms with van der Waals surface area (Å²) in [6.45, 7) is 3.53. The molecule has 1 atom stereocenters. The molecule has 0 aliphatic carbocycles. The van der Waals surface area contributed by atoms with E-state index in [-0.39, 0.29) is 6.10 Å². The van der Waals surface area contributed by atoms with Gasteiger partial charge in [0.1, 0.15) is 0 Å². The van der Waals surface area contributed by atoms with Crippen LogP contribution in [0.1, 0.15) is 25.0 Å². The number of methoxy groups -OCH3 is 1. The van der Waals surface area contributed by atoms with E-state index in [1.165, 1.54) is 5.56 Å². The molecule has 0 aliphatic heterocycles. The molecule has 0 fully saturated rings. The van der Waals surface area contributed by atoms with Crippen molar-refractivity contribution in [3.63, 3.8) is 0 Å². The predicted octanol–water partition coefficient (Wildman–Crippen LogP) is 2.80. The summed E-state index contributed by atoms with van der Waals surface area (Å²) < 4.78 is 10.7. The van der Waals surface area contributed by atoms with E-state index in [4.69, 9.17) is 9.47 Å². The van der Waals surface area contributed by atoms with E-state index < -0.39 is 0 Å². The van der Waals surface area contributed by atoms with Gasteiger partial charge in [-0.05, 0) is 12.5 Å². The monoisotopic (exact) mass is 194 g/mol. The Morgan fingerprint density at radius 3 is 2.50 bits per heavy atom. The summed E-state index contributed by atoms with van der Waals surface area (Å²) in [5, 5.41) is 0. The second-order valence-corrected chi connectivity index (χ2v) is 3.12. The number of rotatable bonds is 6. The fourth-order valence-corrected chi connectivity index (χ4v) is 1.42. The summed E-state index contributed by atoms with van der Waals surface area (Å²) in [4.78, 5) is 0. The summed E-state index contributed by atoms with van der Waals surface area (Å²) in [6, 6.07) is 10.2. The molecule has 0 unspecified atom stereocenters. The Kier molecular flexibility index (Phi) is 5.27. The average Bonchev–Trinajstić information content (AvgIpc) is 2.26. The second-order valence-electron chi connectivity index (χ2n) is 3.12. The van der Waals surface area contributed by atoms with Gasteiger partial charge in [0.25, 0.3) is 0 Å². The minimum atomic E-state index is 0.155. The molecule has 0 saturated carbocycles. The Bertz CT molecular complexity index is 233. The predicted molar refractivity (Wildman–Crippen MR) is 57.3 cm³/mol. The van der Waals surface area contributed by atoms with Gasteiger partial charge in [0.05, 0.1) is 6.10 Å². The summed E-state index contributed by atoms with van der Waals surface area (Å²) in [6.07, 6.45) is 1.07. The lowest BCUT2D eigenvalue weighted by atomic mass is 10.1. The van der Waals surface area contributed by atoms with Crippen LogP contribution >= 0.6 is 0 Å². The summed E-state index contributed by atoms with van der Waals surface area (Å²) in [5.41, 5.74) is 1.22. The van der Waals surface area contributed by atoms with E-state index in [0.717, 1.165) is 19.6 Å². The van der Waals surface area contributed by atoms with E-state index in [0.29, 0.717) is 0 Å². The molecule has 78 valence electrons. The van der Waals surface area contributed by atoms with Crippen molar-refractivity contribution in [1.82, 2.24) is 0 Å². The number of ether oxygens (including phenoxy) is 2. The van der Waals surface area contributed by atoms with Crippen molar-refractivity contribution in [2.24, 2.45) is 0 Å². The highest BCUT2D eigenvalue weighted by atomic mass is 16.5. The SMILES string of the molecule is CCOCC[C@@H](OC)c1ccccc1. The molecule has 0 bridgehead atoms. The molecular weight excluding hydrogens is 176 g/mol. The largest absolute Gasteiger partial charge is 0.382 e. The fraction of sp³-hybridized carbons (Fsp3) is 0.500. The van der Waals surface area contributed by atoms with Crippen LogP contribution in [0.25, 0.3) is 0 Å². The maximum Gasteiger partial charge on any atom is 0.0843 e. The standard InChI is InChI=1S/C12H18O2/c1-3-14-10-9-12(13-2)11-7-5-4-6-8-11/h4-8,12H,3,9-10H2,1-2H3/t12-/m1/s1. The average molecular weight is 194 g/mol. The third kappa shape index (κ3) is 3.48. The zero-order chi connectivity index (χ0) is 10.2. The smallest absolute Gasteiger partial charge is 0.0843 e. The van der Waals surface area contributed by atoms with Crippen LogP contribution in [0.15, 0.2) is 30.3 Å². The van der Waals surface area contributed by atoms with Crippen LogP contribution in [0.2, 0.25) is 0 Å². The van der Waals surface area contributed by atoms with Crippen LogP contribution < -0.4 is 0 Å². The number of hydrogen-bond donors (Lipinski definition) is 0. The minimum Gasteiger partial charge on any atom is -0.382 e. The van der Waals surface area contributed by atoms with Crippen LogP contribution in [0.5, 0.6) is 0 Å². The molecule has 1 aromatic carbocycles. The van der Waals surface area contributed by atoms with Crippen molar-refractivity contribution >= 4 is 0 Å². The quantitative estimate of drug-likeness (QED) is 0.648. The van der Waals surface area contributed by atoms with Crippen molar-refractivity contribution in [1.29, 1.82) is 0 Å². The van der Waals surface area contributed by atoms with E-state index in [1.54, 1.807) is 7.11 Å². The Morgan fingerprint density at radius 2 is 1.93 bits per heavy atom. The Labute approximate surface area is 85.8 Å². The molecule has 1 aromatic rings. The second kappa shape index (κ2) is 6.57. The molecule has 14 heavy (non-hydrogen) atoms. The molecule has 0 aromatic heterocycles. The first-order valence-corrected chi connectivity index (χ1v) is 5.04. The van der Waals surface area contributed by atoms with Gasteiger partial charge >= 0.3 is 0 Å². The molecule has 0 heterocycles. The highest BCUT2D eigenvalue weighted by Crippen LogP contribution is 2.19. The highest BCUT2D eigenvalue weighted by molar-refractivity contribution is 5.17.